The van der Waals surface area contributed by atoms with Crippen molar-refractivity contribution in [2.24, 2.45) is 11.8 Å². The van der Waals surface area contributed by atoms with Gasteiger partial charge in [0.1, 0.15) is 0 Å². The minimum atomic E-state index is -0.440. The molecule has 6 nitrogen and oxygen atoms in total. The molecule has 0 radical (unpaired) electrons. The fourth-order valence-corrected chi connectivity index (χ4v) is 4.65. The number of hydrogen-bond acceptors (Lipinski definition) is 6. The van der Waals surface area contributed by atoms with Gasteiger partial charge >= 0.3 is 5.97 Å². The van der Waals surface area contributed by atoms with Crippen LogP contribution in [-0.2, 0) is 4.74 Å². The lowest BCUT2D eigenvalue weighted by molar-refractivity contribution is 0.0592. The van der Waals surface area contributed by atoms with Crippen LogP contribution in [0.1, 0.15) is 36.2 Å². The molecule has 124 valence electrons. The Bertz CT molecular complexity index is 568. The summed E-state index contributed by atoms with van der Waals surface area (Å²) in [5, 5.41) is 8.16. The van der Waals surface area contributed by atoms with E-state index in [0.29, 0.717) is 0 Å². The first-order valence-electron chi connectivity index (χ1n) is 8.65. The topological polar surface area (TPSA) is 58.6 Å². The molecule has 3 fully saturated rings. The van der Waals surface area contributed by atoms with E-state index in [-0.39, 0.29) is 5.69 Å². The van der Waals surface area contributed by atoms with Crippen molar-refractivity contribution in [2.45, 2.75) is 31.7 Å². The molecular formula is C17H24N4O2. The standard InChI is InChI=1S/C17H24N4O2/c1-23-17(22)14-4-5-16(19-18-14)21-8-6-20(7-9-21)15-11-12-2-3-13(15)10-12/h4-5,12-13,15H,2-3,6-11H2,1H3/t12-,13-,15+/m0/s1. The molecule has 2 aliphatic carbocycles. The van der Waals surface area contributed by atoms with Gasteiger partial charge in [0.25, 0.3) is 0 Å². The third-order valence-electron chi connectivity index (χ3n) is 5.85. The van der Waals surface area contributed by atoms with Crippen LogP contribution in [0.3, 0.4) is 0 Å². The molecule has 1 aliphatic heterocycles. The number of nitrogens with zero attached hydrogens (tertiary/aromatic N) is 4. The van der Waals surface area contributed by atoms with E-state index in [1.165, 1.54) is 32.8 Å². The van der Waals surface area contributed by atoms with Crippen molar-refractivity contribution in [1.29, 1.82) is 0 Å². The molecule has 4 rings (SSSR count). The average molecular weight is 316 g/mol. The van der Waals surface area contributed by atoms with Gasteiger partial charge in [-0.1, -0.05) is 6.42 Å². The van der Waals surface area contributed by atoms with E-state index in [1.54, 1.807) is 6.07 Å². The maximum atomic E-state index is 11.4. The Morgan fingerprint density at radius 1 is 1.13 bits per heavy atom. The number of esters is 1. The SMILES string of the molecule is COC(=O)c1ccc(N2CCN([C@@H]3C[C@H]4CC[C@H]3C4)CC2)nn1. The predicted molar refractivity (Wildman–Crippen MR) is 86.4 cm³/mol. The Morgan fingerprint density at radius 2 is 1.96 bits per heavy atom. The quantitative estimate of drug-likeness (QED) is 0.789. The molecule has 2 heterocycles. The second kappa shape index (κ2) is 6.07. The molecule has 1 saturated heterocycles. The maximum Gasteiger partial charge on any atom is 0.358 e. The molecule has 6 heteroatoms. The van der Waals surface area contributed by atoms with Crippen LogP contribution in [0.5, 0.6) is 0 Å². The van der Waals surface area contributed by atoms with Crippen LogP contribution < -0.4 is 4.90 Å². The fraction of sp³-hybridized carbons (Fsp3) is 0.706. The second-order valence-corrected chi connectivity index (χ2v) is 7.03. The smallest absolute Gasteiger partial charge is 0.358 e. The van der Waals surface area contributed by atoms with Crippen LogP contribution in [0, 0.1) is 11.8 Å². The predicted octanol–water partition coefficient (Wildman–Crippen LogP) is 1.57. The van der Waals surface area contributed by atoms with Gasteiger partial charge in [-0.15, -0.1) is 10.2 Å². The van der Waals surface area contributed by atoms with E-state index in [1.807, 2.05) is 6.07 Å². The number of rotatable bonds is 3. The Kier molecular flexibility index (Phi) is 3.93. The zero-order valence-corrected chi connectivity index (χ0v) is 13.6. The maximum absolute atomic E-state index is 11.4. The largest absolute Gasteiger partial charge is 0.464 e. The van der Waals surface area contributed by atoms with Crippen LogP contribution >= 0.6 is 0 Å². The minimum absolute atomic E-state index is 0.261. The molecule has 0 N–H and O–H groups in total. The van der Waals surface area contributed by atoms with Crippen molar-refractivity contribution < 1.29 is 9.53 Å². The number of carbonyl (C=O) groups excluding carboxylic acids is 1. The van der Waals surface area contributed by atoms with Crippen LogP contribution in [0.4, 0.5) is 5.82 Å². The fourth-order valence-electron chi connectivity index (χ4n) is 4.65. The van der Waals surface area contributed by atoms with E-state index in [9.17, 15) is 4.79 Å². The minimum Gasteiger partial charge on any atom is -0.464 e. The lowest BCUT2D eigenvalue weighted by Gasteiger charge is -2.41. The van der Waals surface area contributed by atoms with Gasteiger partial charge in [0.2, 0.25) is 0 Å². The van der Waals surface area contributed by atoms with E-state index >= 15 is 0 Å². The molecule has 23 heavy (non-hydrogen) atoms. The summed E-state index contributed by atoms with van der Waals surface area (Å²) in [7, 11) is 1.35. The molecule has 3 aliphatic rings. The summed E-state index contributed by atoms with van der Waals surface area (Å²) in [6.45, 7) is 4.18. The van der Waals surface area contributed by atoms with Crippen molar-refractivity contribution in [3.05, 3.63) is 17.8 Å². The number of ether oxygens (including phenoxy) is 1. The molecule has 0 amide bonds. The monoisotopic (exact) mass is 316 g/mol. The highest BCUT2D eigenvalue weighted by Crippen LogP contribution is 2.46. The molecule has 1 aromatic heterocycles. The first-order valence-corrected chi connectivity index (χ1v) is 8.65. The zero-order chi connectivity index (χ0) is 15.8. The van der Waals surface area contributed by atoms with Crippen LogP contribution in [0.15, 0.2) is 12.1 Å². The third-order valence-corrected chi connectivity index (χ3v) is 5.85. The Hall–Kier alpha value is -1.69. The van der Waals surface area contributed by atoms with Gasteiger partial charge in [0.15, 0.2) is 11.5 Å². The second-order valence-electron chi connectivity index (χ2n) is 7.03. The van der Waals surface area contributed by atoms with E-state index in [2.05, 4.69) is 24.7 Å². The average Bonchev–Trinajstić information content (AvgIpc) is 3.25. The summed E-state index contributed by atoms with van der Waals surface area (Å²) in [5.74, 6) is 2.36. The zero-order valence-electron chi connectivity index (χ0n) is 13.6. The first-order chi connectivity index (χ1) is 11.2. The summed E-state index contributed by atoms with van der Waals surface area (Å²) in [6, 6.07) is 4.38. The highest BCUT2D eigenvalue weighted by atomic mass is 16.5. The van der Waals surface area contributed by atoms with Gasteiger partial charge in [-0.25, -0.2) is 4.79 Å². The van der Waals surface area contributed by atoms with Gasteiger partial charge in [-0.2, -0.15) is 0 Å². The highest BCUT2D eigenvalue weighted by molar-refractivity contribution is 5.86. The van der Waals surface area contributed by atoms with Crippen LogP contribution in [0.25, 0.3) is 0 Å². The van der Waals surface area contributed by atoms with Crippen LogP contribution in [-0.4, -0.2) is 60.4 Å². The normalized spacial score (nSPS) is 30.7. The van der Waals surface area contributed by atoms with Crippen molar-refractivity contribution in [1.82, 2.24) is 15.1 Å². The molecule has 2 saturated carbocycles. The lowest BCUT2D eigenvalue weighted by Crippen LogP contribution is -2.52. The summed E-state index contributed by atoms with van der Waals surface area (Å²) >= 11 is 0. The van der Waals surface area contributed by atoms with Crippen molar-refractivity contribution in [2.75, 3.05) is 38.2 Å². The first kappa shape index (κ1) is 14.9. The summed E-state index contributed by atoms with van der Waals surface area (Å²) < 4.78 is 4.66. The molecular weight excluding hydrogens is 292 g/mol. The number of fused-ring (bicyclic) bond motifs is 2. The Labute approximate surface area is 136 Å². The number of anilines is 1. The van der Waals surface area contributed by atoms with E-state index < -0.39 is 5.97 Å². The number of carbonyl (C=O) groups is 1. The summed E-state index contributed by atoms with van der Waals surface area (Å²) in [5.41, 5.74) is 0.261. The summed E-state index contributed by atoms with van der Waals surface area (Å²) in [4.78, 5) is 16.4. The molecule has 0 aromatic carbocycles. The van der Waals surface area contributed by atoms with Gasteiger partial charge < -0.3 is 9.64 Å². The summed E-state index contributed by atoms with van der Waals surface area (Å²) in [6.07, 6.45) is 5.78. The number of aromatic nitrogens is 2. The van der Waals surface area contributed by atoms with Crippen molar-refractivity contribution in [3.63, 3.8) is 0 Å². The van der Waals surface area contributed by atoms with E-state index in [0.717, 1.165) is 49.9 Å². The number of methoxy groups -OCH3 is 1. The van der Waals surface area contributed by atoms with Gasteiger partial charge in [-0.05, 0) is 43.2 Å². The van der Waals surface area contributed by atoms with Crippen LogP contribution in [0.2, 0.25) is 0 Å². The van der Waals surface area contributed by atoms with Crippen molar-refractivity contribution >= 4 is 11.8 Å². The Morgan fingerprint density at radius 3 is 2.52 bits per heavy atom. The molecule has 0 spiro atoms. The number of piperazine rings is 1. The van der Waals surface area contributed by atoms with E-state index in [4.69, 9.17) is 0 Å². The molecule has 2 bridgehead atoms. The Balaban J connectivity index is 1.35. The third kappa shape index (κ3) is 2.80. The number of hydrogen-bond donors (Lipinski definition) is 0. The van der Waals surface area contributed by atoms with Gasteiger partial charge in [-0.3, -0.25) is 4.90 Å². The van der Waals surface area contributed by atoms with Gasteiger partial charge in [0.05, 0.1) is 7.11 Å². The highest BCUT2D eigenvalue weighted by Gasteiger charge is 2.42. The molecule has 0 unspecified atom stereocenters. The molecule has 3 atom stereocenters. The van der Waals surface area contributed by atoms with Gasteiger partial charge in [0, 0.05) is 32.2 Å². The lowest BCUT2D eigenvalue weighted by atomic mass is 9.93. The molecule has 1 aromatic rings. The van der Waals surface area contributed by atoms with Crippen molar-refractivity contribution in [3.8, 4) is 0 Å².